The third kappa shape index (κ3) is 5.74. The molecule has 1 unspecified atom stereocenters. The van der Waals surface area contributed by atoms with Crippen molar-refractivity contribution in [3.05, 3.63) is 52.7 Å². The van der Waals surface area contributed by atoms with Crippen LogP contribution in [0, 0.1) is 0 Å². The summed E-state index contributed by atoms with van der Waals surface area (Å²) in [6, 6.07) is 14.0. The molecule has 0 aliphatic carbocycles. The van der Waals surface area contributed by atoms with Crippen LogP contribution in [0.4, 0.5) is 0 Å². The van der Waals surface area contributed by atoms with Crippen LogP contribution in [0.25, 0.3) is 0 Å². The Morgan fingerprint density at radius 1 is 1.10 bits per heavy atom. The van der Waals surface area contributed by atoms with E-state index in [1.165, 1.54) is 4.88 Å². The van der Waals surface area contributed by atoms with E-state index in [0.717, 1.165) is 18.8 Å². The number of para-hydroxylation sites is 1. The van der Waals surface area contributed by atoms with Crippen LogP contribution < -0.4 is 10.1 Å². The predicted molar refractivity (Wildman–Crippen MR) is 83.4 cm³/mol. The van der Waals surface area contributed by atoms with Crippen molar-refractivity contribution in [1.82, 2.24) is 5.32 Å². The van der Waals surface area contributed by atoms with Gasteiger partial charge in [-0.15, -0.1) is 11.3 Å². The van der Waals surface area contributed by atoms with E-state index in [-0.39, 0.29) is 6.10 Å². The van der Waals surface area contributed by atoms with Gasteiger partial charge < -0.3 is 14.8 Å². The molecule has 1 N–H and O–H groups in total. The van der Waals surface area contributed by atoms with Crippen molar-refractivity contribution in [3.8, 4) is 5.75 Å². The first-order chi connectivity index (χ1) is 9.84. The van der Waals surface area contributed by atoms with Gasteiger partial charge in [-0.1, -0.05) is 24.3 Å². The normalized spacial score (nSPS) is 12.2. The molecular weight excluding hydrogens is 270 g/mol. The van der Waals surface area contributed by atoms with Gasteiger partial charge in [0.05, 0.1) is 12.7 Å². The lowest BCUT2D eigenvalue weighted by atomic mass is 10.3. The van der Waals surface area contributed by atoms with E-state index in [0.29, 0.717) is 13.2 Å². The molecule has 0 aliphatic heterocycles. The van der Waals surface area contributed by atoms with E-state index < -0.39 is 0 Å². The smallest absolute Gasteiger partial charge is 0.119 e. The van der Waals surface area contributed by atoms with Crippen LogP contribution in [0.15, 0.2) is 47.8 Å². The molecule has 108 valence electrons. The van der Waals surface area contributed by atoms with Crippen LogP contribution in [0.5, 0.6) is 5.75 Å². The standard InChI is InChI=1S/C16H21NO2S/c1-14(12-17-13-16-8-5-11-20-16)18-9-10-19-15-6-3-2-4-7-15/h2-8,11,14,17H,9-10,12-13H2,1H3. The maximum Gasteiger partial charge on any atom is 0.119 e. The summed E-state index contributed by atoms with van der Waals surface area (Å²) < 4.78 is 11.3. The molecule has 3 nitrogen and oxygen atoms in total. The van der Waals surface area contributed by atoms with Gasteiger partial charge in [0, 0.05) is 18.0 Å². The van der Waals surface area contributed by atoms with Gasteiger partial charge in [0.15, 0.2) is 0 Å². The lowest BCUT2D eigenvalue weighted by molar-refractivity contribution is 0.0446. The number of thiophene rings is 1. The lowest BCUT2D eigenvalue weighted by Gasteiger charge is -2.14. The number of hydrogen-bond donors (Lipinski definition) is 1. The Labute approximate surface area is 124 Å². The molecule has 0 saturated heterocycles. The maximum atomic E-state index is 5.70. The van der Waals surface area contributed by atoms with Crippen LogP contribution in [0.1, 0.15) is 11.8 Å². The molecule has 0 saturated carbocycles. The van der Waals surface area contributed by atoms with Crippen LogP contribution in [0.3, 0.4) is 0 Å². The van der Waals surface area contributed by atoms with Gasteiger partial charge >= 0.3 is 0 Å². The summed E-state index contributed by atoms with van der Waals surface area (Å²) in [5.74, 6) is 0.888. The van der Waals surface area contributed by atoms with Crippen molar-refractivity contribution in [2.45, 2.75) is 19.6 Å². The molecule has 1 aromatic carbocycles. The van der Waals surface area contributed by atoms with Crippen molar-refractivity contribution in [3.63, 3.8) is 0 Å². The fourth-order valence-electron chi connectivity index (χ4n) is 1.80. The van der Waals surface area contributed by atoms with Gasteiger partial charge in [0.1, 0.15) is 12.4 Å². The first-order valence-electron chi connectivity index (χ1n) is 6.87. The zero-order valence-electron chi connectivity index (χ0n) is 11.7. The third-order valence-corrected chi connectivity index (χ3v) is 3.69. The Kier molecular flexibility index (Phi) is 6.57. The summed E-state index contributed by atoms with van der Waals surface area (Å²) >= 11 is 1.77. The maximum absolute atomic E-state index is 5.70. The lowest BCUT2D eigenvalue weighted by Crippen LogP contribution is -2.27. The Hall–Kier alpha value is -1.36. The van der Waals surface area contributed by atoms with Crippen molar-refractivity contribution >= 4 is 11.3 Å². The summed E-state index contributed by atoms with van der Waals surface area (Å²) in [6.45, 7) is 5.02. The number of benzene rings is 1. The molecule has 1 aromatic heterocycles. The Morgan fingerprint density at radius 3 is 2.70 bits per heavy atom. The van der Waals surface area contributed by atoms with Crippen LogP contribution in [0.2, 0.25) is 0 Å². The fourth-order valence-corrected chi connectivity index (χ4v) is 2.47. The van der Waals surface area contributed by atoms with Gasteiger partial charge in [-0.05, 0) is 30.5 Å². The second-order valence-electron chi connectivity index (χ2n) is 4.55. The highest BCUT2D eigenvalue weighted by Gasteiger charge is 2.02. The first kappa shape index (κ1) is 15.0. The molecular formula is C16H21NO2S. The molecule has 4 heteroatoms. The van der Waals surface area contributed by atoms with E-state index in [4.69, 9.17) is 9.47 Å². The average molecular weight is 291 g/mol. The van der Waals surface area contributed by atoms with E-state index >= 15 is 0 Å². The van der Waals surface area contributed by atoms with Crippen LogP contribution in [-0.2, 0) is 11.3 Å². The van der Waals surface area contributed by atoms with Crippen molar-refractivity contribution in [1.29, 1.82) is 0 Å². The van der Waals surface area contributed by atoms with Crippen molar-refractivity contribution in [2.75, 3.05) is 19.8 Å². The van der Waals surface area contributed by atoms with Gasteiger partial charge in [0.25, 0.3) is 0 Å². The quantitative estimate of drug-likeness (QED) is 0.719. The predicted octanol–water partition coefficient (Wildman–Crippen LogP) is 3.32. The second-order valence-corrected chi connectivity index (χ2v) is 5.59. The molecule has 0 amide bonds. The van der Waals surface area contributed by atoms with Crippen molar-refractivity contribution < 1.29 is 9.47 Å². The highest BCUT2D eigenvalue weighted by molar-refractivity contribution is 7.09. The zero-order valence-corrected chi connectivity index (χ0v) is 12.6. The van der Waals surface area contributed by atoms with E-state index in [1.54, 1.807) is 11.3 Å². The van der Waals surface area contributed by atoms with Gasteiger partial charge in [-0.3, -0.25) is 0 Å². The Morgan fingerprint density at radius 2 is 1.95 bits per heavy atom. The number of nitrogens with one attached hydrogen (secondary N) is 1. The summed E-state index contributed by atoms with van der Waals surface area (Å²) in [5, 5.41) is 5.49. The summed E-state index contributed by atoms with van der Waals surface area (Å²) in [5.41, 5.74) is 0. The minimum absolute atomic E-state index is 0.189. The highest BCUT2D eigenvalue weighted by Crippen LogP contribution is 2.08. The third-order valence-electron chi connectivity index (χ3n) is 2.81. The molecule has 1 atom stereocenters. The molecule has 0 aliphatic rings. The molecule has 20 heavy (non-hydrogen) atoms. The molecule has 0 radical (unpaired) electrons. The van der Waals surface area contributed by atoms with Gasteiger partial charge in [-0.25, -0.2) is 0 Å². The van der Waals surface area contributed by atoms with E-state index in [9.17, 15) is 0 Å². The molecule has 0 bridgehead atoms. The number of rotatable bonds is 9. The van der Waals surface area contributed by atoms with Gasteiger partial charge in [-0.2, -0.15) is 0 Å². The topological polar surface area (TPSA) is 30.5 Å². The first-order valence-corrected chi connectivity index (χ1v) is 7.75. The highest BCUT2D eigenvalue weighted by atomic mass is 32.1. The van der Waals surface area contributed by atoms with E-state index in [1.807, 2.05) is 30.3 Å². The monoisotopic (exact) mass is 291 g/mol. The molecule has 0 fully saturated rings. The molecule has 2 rings (SSSR count). The van der Waals surface area contributed by atoms with Crippen LogP contribution >= 0.6 is 11.3 Å². The van der Waals surface area contributed by atoms with Crippen LogP contribution in [-0.4, -0.2) is 25.9 Å². The van der Waals surface area contributed by atoms with Crippen molar-refractivity contribution in [2.24, 2.45) is 0 Å². The summed E-state index contributed by atoms with van der Waals surface area (Å²) in [4.78, 5) is 1.35. The number of hydrogen-bond acceptors (Lipinski definition) is 4. The SMILES string of the molecule is CC(CNCc1cccs1)OCCOc1ccccc1. The molecule has 0 spiro atoms. The summed E-state index contributed by atoms with van der Waals surface area (Å²) in [6.07, 6.45) is 0.189. The molecule has 2 aromatic rings. The van der Waals surface area contributed by atoms with Gasteiger partial charge in [0.2, 0.25) is 0 Å². The second kappa shape index (κ2) is 8.74. The Balaban J connectivity index is 1.51. The fraction of sp³-hybridized carbons (Fsp3) is 0.375. The minimum Gasteiger partial charge on any atom is -0.491 e. The zero-order chi connectivity index (χ0) is 14.0. The summed E-state index contributed by atoms with van der Waals surface area (Å²) in [7, 11) is 0. The minimum atomic E-state index is 0.189. The largest absolute Gasteiger partial charge is 0.491 e. The Bertz CT molecular complexity index is 459. The average Bonchev–Trinajstić information content (AvgIpc) is 2.98. The van der Waals surface area contributed by atoms with E-state index in [2.05, 4.69) is 29.8 Å². The molecule has 1 heterocycles. The number of ether oxygens (including phenoxy) is 2.